The van der Waals surface area contributed by atoms with E-state index in [2.05, 4.69) is 15.6 Å². The predicted octanol–water partition coefficient (Wildman–Crippen LogP) is 0.141. The summed E-state index contributed by atoms with van der Waals surface area (Å²) >= 11 is 0. The number of pyridine rings is 1. The minimum atomic E-state index is -1.11. The van der Waals surface area contributed by atoms with Crippen molar-refractivity contribution in [1.29, 1.82) is 0 Å². The Morgan fingerprint density at radius 1 is 1.20 bits per heavy atom. The summed E-state index contributed by atoms with van der Waals surface area (Å²) in [6.07, 6.45) is 0. The summed E-state index contributed by atoms with van der Waals surface area (Å²) in [6.45, 7) is -0.559. The van der Waals surface area contributed by atoms with Crippen LogP contribution >= 0.6 is 0 Å². The van der Waals surface area contributed by atoms with E-state index in [1.54, 1.807) is 24.3 Å². The molecule has 0 bridgehead atoms. The maximum absolute atomic E-state index is 11.8. The van der Waals surface area contributed by atoms with Crippen molar-refractivity contribution < 1.29 is 14.7 Å². The molecule has 104 valence electrons. The van der Waals surface area contributed by atoms with E-state index in [1.807, 2.05) is 6.07 Å². The Hall–Kier alpha value is -2.83. The molecular weight excluding hydrogens is 262 g/mol. The molecule has 2 aromatic rings. The van der Waals surface area contributed by atoms with Crippen molar-refractivity contribution in [3.8, 4) is 0 Å². The number of carbonyl (C=O) groups excluding carboxylic acids is 1. The van der Waals surface area contributed by atoms with Crippen LogP contribution in [0.3, 0.4) is 0 Å². The maximum atomic E-state index is 11.8. The van der Waals surface area contributed by atoms with E-state index in [0.29, 0.717) is 11.2 Å². The highest BCUT2D eigenvalue weighted by Crippen LogP contribution is 2.12. The molecule has 1 aromatic heterocycles. The van der Waals surface area contributed by atoms with E-state index in [1.165, 1.54) is 0 Å². The van der Waals surface area contributed by atoms with Gasteiger partial charge in [0.2, 0.25) is 5.91 Å². The van der Waals surface area contributed by atoms with E-state index < -0.39 is 18.4 Å². The molecule has 0 radical (unpaired) electrons. The van der Waals surface area contributed by atoms with E-state index in [0.717, 1.165) is 5.39 Å². The number of aliphatic carboxylic acids is 1. The van der Waals surface area contributed by atoms with E-state index >= 15 is 0 Å². The molecular formula is C13H13N3O4. The highest BCUT2D eigenvalue weighted by atomic mass is 16.4. The lowest BCUT2D eigenvalue weighted by atomic mass is 10.2. The highest BCUT2D eigenvalue weighted by molar-refractivity contribution is 5.86. The normalized spacial score (nSPS) is 10.2. The Balaban J connectivity index is 2.05. The molecule has 1 aromatic carbocycles. The van der Waals surface area contributed by atoms with Gasteiger partial charge in [-0.25, -0.2) is 0 Å². The van der Waals surface area contributed by atoms with Gasteiger partial charge >= 0.3 is 5.97 Å². The number of aromatic nitrogens is 1. The topological polar surface area (TPSA) is 111 Å². The number of amides is 1. The van der Waals surface area contributed by atoms with Crippen LogP contribution in [0.25, 0.3) is 10.8 Å². The standard InChI is InChI=1S/C13H13N3O4/c17-11(15-7-12(18)19)6-14-10-5-8-3-1-2-4-9(8)13(20)16-10/h1-5H,6-7H2,(H,15,17)(H,18,19)(H2,14,16,20). The first-order valence-corrected chi connectivity index (χ1v) is 5.90. The van der Waals surface area contributed by atoms with Crippen molar-refractivity contribution in [3.05, 3.63) is 40.7 Å². The zero-order valence-corrected chi connectivity index (χ0v) is 10.5. The van der Waals surface area contributed by atoms with Gasteiger partial charge in [-0.3, -0.25) is 14.4 Å². The molecule has 0 unspecified atom stereocenters. The number of anilines is 1. The fraction of sp³-hybridized carbons (Fsp3) is 0.154. The smallest absolute Gasteiger partial charge is 0.322 e. The van der Waals surface area contributed by atoms with Crippen LogP contribution < -0.4 is 16.2 Å². The van der Waals surface area contributed by atoms with Crippen LogP contribution in [0.5, 0.6) is 0 Å². The van der Waals surface area contributed by atoms with Gasteiger partial charge in [0.05, 0.1) is 6.54 Å². The number of rotatable bonds is 5. The molecule has 7 nitrogen and oxygen atoms in total. The summed E-state index contributed by atoms with van der Waals surface area (Å²) in [5, 5.41) is 14.7. The molecule has 1 heterocycles. The molecule has 1 amide bonds. The maximum Gasteiger partial charge on any atom is 0.322 e. The Labute approximate surface area is 113 Å². The van der Waals surface area contributed by atoms with Crippen molar-refractivity contribution in [2.24, 2.45) is 0 Å². The monoisotopic (exact) mass is 275 g/mol. The molecule has 4 N–H and O–H groups in total. The molecule has 0 saturated carbocycles. The van der Waals surface area contributed by atoms with Crippen molar-refractivity contribution in [1.82, 2.24) is 10.3 Å². The summed E-state index contributed by atoms with van der Waals surface area (Å²) in [7, 11) is 0. The number of carbonyl (C=O) groups is 2. The molecule has 0 spiro atoms. The zero-order chi connectivity index (χ0) is 14.5. The van der Waals surface area contributed by atoms with Crippen molar-refractivity contribution >= 4 is 28.5 Å². The summed E-state index contributed by atoms with van der Waals surface area (Å²) in [4.78, 5) is 36.0. The third-order valence-electron chi connectivity index (χ3n) is 2.63. The van der Waals surface area contributed by atoms with E-state index in [4.69, 9.17) is 5.11 Å². The average Bonchev–Trinajstić information content (AvgIpc) is 2.43. The molecule has 2 rings (SSSR count). The highest BCUT2D eigenvalue weighted by Gasteiger charge is 2.05. The van der Waals surface area contributed by atoms with Crippen LogP contribution in [-0.4, -0.2) is 35.1 Å². The average molecular weight is 275 g/mol. The second-order valence-corrected chi connectivity index (χ2v) is 4.12. The van der Waals surface area contributed by atoms with Crippen LogP contribution in [0.15, 0.2) is 35.1 Å². The Morgan fingerprint density at radius 3 is 2.70 bits per heavy atom. The largest absolute Gasteiger partial charge is 0.480 e. The lowest BCUT2D eigenvalue weighted by Crippen LogP contribution is -2.34. The van der Waals surface area contributed by atoms with Gasteiger partial charge in [0.25, 0.3) is 5.56 Å². The number of hydrogen-bond donors (Lipinski definition) is 4. The SMILES string of the molecule is O=C(O)CNC(=O)CNc1cc2ccccc2c(=O)[nH]1. The number of benzene rings is 1. The van der Waals surface area contributed by atoms with Gasteiger partial charge in [-0.2, -0.15) is 0 Å². The summed E-state index contributed by atoms with van der Waals surface area (Å²) in [5.74, 6) is -1.18. The number of hydrogen-bond acceptors (Lipinski definition) is 4. The number of aromatic amines is 1. The molecule has 7 heteroatoms. The second-order valence-electron chi connectivity index (χ2n) is 4.12. The van der Waals surface area contributed by atoms with Gasteiger partial charge in [0.15, 0.2) is 0 Å². The van der Waals surface area contributed by atoms with E-state index in [-0.39, 0.29) is 12.1 Å². The predicted molar refractivity (Wildman–Crippen MR) is 73.7 cm³/mol. The van der Waals surface area contributed by atoms with Crippen LogP contribution in [0, 0.1) is 0 Å². The molecule has 0 fully saturated rings. The van der Waals surface area contributed by atoms with Crippen LogP contribution in [-0.2, 0) is 9.59 Å². The number of fused-ring (bicyclic) bond motifs is 1. The minimum Gasteiger partial charge on any atom is -0.480 e. The van der Waals surface area contributed by atoms with Gasteiger partial charge in [0, 0.05) is 5.39 Å². The number of carboxylic acids is 1. The van der Waals surface area contributed by atoms with Gasteiger partial charge in [-0.1, -0.05) is 18.2 Å². The first-order chi connectivity index (χ1) is 9.56. The number of carboxylic acid groups (broad SMARTS) is 1. The number of nitrogens with one attached hydrogen (secondary N) is 3. The summed E-state index contributed by atoms with van der Waals surface area (Å²) in [6, 6.07) is 8.79. The third kappa shape index (κ3) is 3.35. The summed E-state index contributed by atoms with van der Waals surface area (Å²) in [5.41, 5.74) is -0.253. The van der Waals surface area contributed by atoms with Crippen LogP contribution in [0.2, 0.25) is 0 Å². The third-order valence-corrected chi connectivity index (χ3v) is 2.63. The lowest BCUT2D eigenvalue weighted by molar-refractivity contribution is -0.137. The Kier molecular flexibility index (Phi) is 3.99. The molecule has 20 heavy (non-hydrogen) atoms. The van der Waals surface area contributed by atoms with Gasteiger partial charge in [-0.05, 0) is 17.5 Å². The first-order valence-electron chi connectivity index (χ1n) is 5.90. The molecule has 0 aliphatic carbocycles. The first kappa shape index (κ1) is 13.6. The number of H-pyrrole nitrogens is 1. The Bertz CT molecular complexity index is 708. The van der Waals surface area contributed by atoms with Gasteiger partial charge in [0.1, 0.15) is 12.4 Å². The molecule has 0 atom stereocenters. The Morgan fingerprint density at radius 2 is 1.95 bits per heavy atom. The van der Waals surface area contributed by atoms with Gasteiger partial charge in [-0.15, -0.1) is 0 Å². The molecule has 0 saturated heterocycles. The fourth-order valence-electron chi connectivity index (χ4n) is 1.72. The fourth-order valence-corrected chi connectivity index (χ4v) is 1.72. The van der Waals surface area contributed by atoms with Gasteiger partial charge < -0.3 is 20.7 Å². The van der Waals surface area contributed by atoms with Crippen LogP contribution in [0.4, 0.5) is 5.82 Å². The van der Waals surface area contributed by atoms with Crippen molar-refractivity contribution in [2.45, 2.75) is 0 Å². The van der Waals surface area contributed by atoms with Crippen molar-refractivity contribution in [3.63, 3.8) is 0 Å². The minimum absolute atomic E-state index is 0.123. The molecule has 0 aliphatic rings. The zero-order valence-electron chi connectivity index (χ0n) is 10.5. The van der Waals surface area contributed by atoms with Crippen molar-refractivity contribution in [2.75, 3.05) is 18.4 Å². The van der Waals surface area contributed by atoms with Crippen LogP contribution in [0.1, 0.15) is 0 Å². The summed E-state index contributed by atoms with van der Waals surface area (Å²) < 4.78 is 0. The molecule has 0 aliphatic heterocycles. The van der Waals surface area contributed by atoms with E-state index in [9.17, 15) is 14.4 Å². The lowest BCUT2D eigenvalue weighted by Gasteiger charge is -2.07. The quantitative estimate of drug-likeness (QED) is 0.620. The second kappa shape index (κ2) is 5.87.